The van der Waals surface area contributed by atoms with E-state index in [0.717, 1.165) is 11.1 Å². The van der Waals surface area contributed by atoms with Gasteiger partial charge in [-0.1, -0.05) is 0 Å². The molecule has 0 amide bonds. The van der Waals surface area contributed by atoms with Crippen LogP contribution in [0.3, 0.4) is 0 Å². The van der Waals surface area contributed by atoms with Crippen molar-refractivity contribution in [1.29, 1.82) is 0 Å². The second-order valence-electron chi connectivity index (χ2n) is 4.47. The lowest BCUT2D eigenvalue weighted by Crippen LogP contribution is -2.29. The lowest BCUT2D eigenvalue weighted by Gasteiger charge is -2.21. The molecule has 0 bridgehead atoms. The van der Waals surface area contributed by atoms with Gasteiger partial charge in [0.1, 0.15) is 0 Å². The third-order valence-electron chi connectivity index (χ3n) is 3.27. The summed E-state index contributed by atoms with van der Waals surface area (Å²) >= 11 is 0. The SMILES string of the molecule is COc1ccc(C(NN)c2cnn(C)c2)c(OC)c1OC. The highest BCUT2D eigenvalue weighted by molar-refractivity contribution is 5.57. The van der Waals surface area contributed by atoms with Gasteiger partial charge in [-0.3, -0.25) is 10.5 Å². The van der Waals surface area contributed by atoms with E-state index in [1.807, 2.05) is 25.4 Å². The fourth-order valence-electron chi connectivity index (χ4n) is 2.31. The molecule has 1 aromatic carbocycles. The van der Waals surface area contributed by atoms with Crippen molar-refractivity contribution in [2.24, 2.45) is 12.9 Å². The van der Waals surface area contributed by atoms with E-state index in [9.17, 15) is 0 Å². The maximum Gasteiger partial charge on any atom is 0.203 e. The number of hydrazine groups is 1. The molecule has 1 heterocycles. The van der Waals surface area contributed by atoms with Crippen LogP contribution in [0.5, 0.6) is 17.2 Å². The maximum absolute atomic E-state index is 5.72. The number of nitrogens with one attached hydrogen (secondary N) is 1. The van der Waals surface area contributed by atoms with Crippen molar-refractivity contribution in [2.45, 2.75) is 6.04 Å². The Morgan fingerprint density at radius 2 is 1.86 bits per heavy atom. The molecule has 1 aromatic heterocycles. The van der Waals surface area contributed by atoms with Crippen LogP contribution in [-0.4, -0.2) is 31.1 Å². The van der Waals surface area contributed by atoms with Gasteiger partial charge in [-0.15, -0.1) is 0 Å². The Bertz CT molecular complexity index is 612. The molecule has 1 atom stereocenters. The zero-order valence-corrected chi connectivity index (χ0v) is 12.6. The molecule has 7 nitrogen and oxygen atoms in total. The molecule has 0 aliphatic heterocycles. The molecule has 114 valence electrons. The highest BCUT2D eigenvalue weighted by atomic mass is 16.5. The van der Waals surface area contributed by atoms with Gasteiger partial charge in [0, 0.05) is 24.4 Å². The summed E-state index contributed by atoms with van der Waals surface area (Å²) in [5.74, 6) is 7.42. The first-order chi connectivity index (χ1) is 10.2. The summed E-state index contributed by atoms with van der Waals surface area (Å²) in [5, 5.41) is 4.17. The monoisotopic (exact) mass is 292 g/mol. The van der Waals surface area contributed by atoms with Crippen molar-refractivity contribution in [3.8, 4) is 17.2 Å². The highest BCUT2D eigenvalue weighted by Crippen LogP contribution is 2.43. The molecule has 2 rings (SSSR count). The van der Waals surface area contributed by atoms with Crippen LogP contribution >= 0.6 is 0 Å². The summed E-state index contributed by atoms with van der Waals surface area (Å²) in [4.78, 5) is 0. The molecule has 1 unspecified atom stereocenters. The van der Waals surface area contributed by atoms with Gasteiger partial charge in [0.25, 0.3) is 0 Å². The van der Waals surface area contributed by atoms with Crippen LogP contribution in [-0.2, 0) is 7.05 Å². The van der Waals surface area contributed by atoms with Crippen LogP contribution in [0.15, 0.2) is 24.5 Å². The Morgan fingerprint density at radius 3 is 2.33 bits per heavy atom. The van der Waals surface area contributed by atoms with Crippen LogP contribution in [0.2, 0.25) is 0 Å². The Kier molecular flexibility index (Phi) is 4.66. The first kappa shape index (κ1) is 15.1. The minimum atomic E-state index is -0.270. The molecule has 0 saturated carbocycles. The number of aromatic nitrogens is 2. The smallest absolute Gasteiger partial charge is 0.203 e. The van der Waals surface area contributed by atoms with Crippen LogP contribution < -0.4 is 25.5 Å². The Labute approximate surface area is 123 Å². The Hall–Kier alpha value is -2.25. The number of nitrogens with zero attached hydrogens (tertiary/aromatic N) is 2. The van der Waals surface area contributed by atoms with E-state index in [2.05, 4.69) is 10.5 Å². The minimum Gasteiger partial charge on any atom is -0.493 e. The van der Waals surface area contributed by atoms with Crippen molar-refractivity contribution < 1.29 is 14.2 Å². The Balaban J connectivity index is 2.55. The topological polar surface area (TPSA) is 83.6 Å². The number of methoxy groups -OCH3 is 3. The molecule has 21 heavy (non-hydrogen) atoms. The van der Waals surface area contributed by atoms with Gasteiger partial charge in [0.2, 0.25) is 5.75 Å². The summed E-state index contributed by atoms with van der Waals surface area (Å²) in [6, 6.07) is 3.43. The zero-order valence-electron chi connectivity index (χ0n) is 12.6. The van der Waals surface area contributed by atoms with E-state index in [1.165, 1.54) is 0 Å². The molecule has 0 radical (unpaired) electrons. The standard InChI is InChI=1S/C14H20N4O3/c1-18-8-9(7-16-18)12(17-15)10-5-6-11(19-2)14(21-4)13(10)20-3/h5-8,12,17H,15H2,1-4H3. The van der Waals surface area contributed by atoms with Gasteiger partial charge in [-0.05, 0) is 12.1 Å². The first-order valence-electron chi connectivity index (χ1n) is 6.39. The molecular weight excluding hydrogens is 272 g/mol. The number of nitrogens with two attached hydrogens (primary N) is 1. The summed E-state index contributed by atoms with van der Waals surface area (Å²) in [5.41, 5.74) is 4.54. The average molecular weight is 292 g/mol. The first-order valence-corrected chi connectivity index (χ1v) is 6.39. The third kappa shape index (κ3) is 2.79. The highest BCUT2D eigenvalue weighted by Gasteiger charge is 2.23. The molecule has 0 aliphatic carbocycles. The van der Waals surface area contributed by atoms with E-state index in [0.29, 0.717) is 17.2 Å². The van der Waals surface area contributed by atoms with Crippen LogP contribution in [0.1, 0.15) is 17.2 Å². The number of ether oxygens (including phenoxy) is 3. The van der Waals surface area contributed by atoms with Crippen molar-refractivity contribution in [3.63, 3.8) is 0 Å². The summed E-state index contributed by atoms with van der Waals surface area (Å²) in [6.07, 6.45) is 3.64. The van der Waals surface area contributed by atoms with Gasteiger partial charge >= 0.3 is 0 Å². The van der Waals surface area contributed by atoms with Gasteiger partial charge in [-0.2, -0.15) is 5.10 Å². The molecule has 3 N–H and O–H groups in total. The molecule has 0 fully saturated rings. The van der Waals surface area contributed by atoms with E-state index in [4.69, 9.17) is 20.1 Å². The number of rotatable bonds is 6. The lowest BCUT2D eigenvalue weighted by atomic mass is 10.0. The van der Waals surface area contributed by atoms with Crippen molar-refractivity contribution in [2.75, 3.05) is 21.3 Å². The zero-order chi connectivity index (χ0) is 15.4. The summed E-state index contributed by atoms with van der Waals surface area (Å²) in [6.45, 7) is 0. The second-order valence-corrected chi connectivity index (χ2v) is 4.47. The number of benzene rings is 1. The third-order valence-corrected chi connectivity index (χ3v) is 3.27. The maximum atomic E-state index is 5.72. The summed E-state index contributed by atoms with van der Waals surface area (Å²) in [7, 11) is 6.58. The fourth-order valence-corrected chi connectivity index (χ4v) is 2.31. The van der Waals surface area contributed by atoms with Crippen LogP contribution in [0, 0.1) is 0 Å². The van der Waals surface area contributed by atoms with Gasteiger partial charge in [0.15, 0.2) is 11.5 Å². The van der Waals surface area contributed by atoms with Crippen LogP contribution in [0.4, 0.5) is 0 Å². The van der Waals surface area contributed by atoms with Gasteiger partial charge in [-0.25, -0.2) is 5.43 Å². The number of aryl methyl sites for hydroxylation is 1. The molecular formula is C14H20N4O3. The molecule has 0 spiro atoms. The Morgan fingerprint density at radius 1 is 1.14 bits per heavy atom. The predicted molar refractivity (Wildman–Crippen MR) is 78.5 cm³/mol. The summed E-state index contributed by atoms with van der Waals surface area (Å²) < 4.78 is 17.9. The lowest BCUT2D eigenvalue weighted by molar-refractivity contribution is 0.320. The minimum absolute atomic E-state index is 0.270. The van der Waals surface area contributed by atoms with E-state index < -0.39 is 0 Å². The molecule has 0 saturated heterocycles. The van der Waals surface area contributed by atoms with Crippen molar-refractivity contribution in [3.05, 3.63) is 35.7 Å². The molecule has 0 aliphatic rings. The average Bonchev–Trinajstić information content (AvgIpc) is 2.93. The van der Waals surface area contributed by atoms with Gasteiger partial charge < -0.3 is 14.2 Å². The fraction of sp³-hybridized carbons (Fsp3) is 0.357. The van der Waals surface area contributed by atoms with Crippen molar-refractivity contribution in [1.82, 2.24) is 15.2 Å². The predicted octanol–water partition coefficient (Wildman–Crippen LogP) is 0.999. The van der Waals surface area contributed by atoms with Gasteiger partial charge in [0.05, 0.1) is 33.6 Å². The van der Waals surface area contributed by atoms with Crippen LogP contribution in [0.25, 0.3) is 0 Å². The number of hydrogen-bond acceptors (Lipinski definition) is 6. The van der Waals surface area contributed by atoms with E-state index >= 15 is 0 Å². The normalized spacial score (nSPS) is 12.0. The number of hydrogen-bond donors (Lipinski definition) is 2. The molecule has 2 aromatic rings. The van der Waals surface area contributed by atoms with E-state index in [-0.39, 0.29) is 6.04 Å². The second kappa shape index (κ2) is 6.47. The quantitative estimate of drug-likeness (QED) is 0.610. The van der Waals surface area contributed by atoms with E-state index in [1.54, 1.807) is 32.2 Å². The van der Waals surface area contributed by atoms with Crippen molar-refractivity contribution >= 4 is 0 Å². The largest absolute Gasteiger partial charge is 0.493 e. The molecule has 7 heteroatoms.